The standard InChI is InChI=1S/C23H19F3N4/c24-23(25,26)18-7-3-15(4-8-18)17-6-9-19(27-14-17)16-5-10-20-21(13-16)29-22(28-20)30-11-1-2-12-30/h3-10,13-14H,1-2,11-12H2,(H,28,29). The summed E-state index contributed by atoms with van der Waals surface area (Å²) in [5, 5.41) is 0. The lowest BCUT2D eigenvalue weighted by molar-refractivity contribution is -0.137. The summed E-state index contributed by atoms with van der Waals surface area (Å²) in [7, 11) is 0. The maximum Gasteiger partial charge on any atom is 0.416 e. The van der Waals surface area contributed by atoms with Crippen LogP contribution in [-0.4, -0.2) is 28.0 Å². The third kappa shape index (κ3) is 3.51. The van der Waals surface area contributed by atoms with Crippen LogP contribution < -0.4 is 4.90 Å². The van der Waals surface area contributed by atoms with Crippen molar-refractivity contribution >= 4 is 17.0 Å². The minimum atomic E-state index is -4.33. The molecule has 152 valence electrons. The molecule has 0 atom stereocenters. The molecule has 1 N–H and O–H groups in total. The zero-order valence-corrected chi connectivity index (χ0v) is 16.1. The average molecular weight is 408 g/mol. The molecule has 0 spiro atoms. The monoisotopic (exact) mass is 408 g/mol. The van der Waals surface area contributed by atoms with Crippen molar-refractivity contribution in [3.8, 4) is 22.4 Å². The number of benzene rings is 2. The maximum atomic E-state index is 12.7. The van der Waals surface area contributed by atoms with Gasteiger partial charge in [0.05, 0.1) is 22.3 Å². The molecule has 0 amide bonds. The van der Waals surface area contributed by atoms with Gasteiger partial charge < -0.3 is 9.88 Å². The van der Waals surface area contributed by atoms with Gasteiger partial charge in [-0.05, 0) is 48.7 Å². The lowest BCUT2D eigenvalue weighted by Crippen LogP contribution is -2.18. The SMILES string of the molecule is FC(F)(F)c1ccc(-c2ccc(-c3ccc4nc(N5CCCC5)[nH]c4c3)nc2)cc1. The highest BCUT2D eigenvalue weighted by Gasteiger charge is 2.30. The van der Waals surface area contributed by atoms with Gasteiger partial charge in [-0.1, -0.05) is 24.3 Å². The van der Waals surface area contributed by atoms with Crippen molar-refractivity contribution in [2.24, 2.45) is 0 Å². The fourth-order valence-corrected chi connectivity index (χ4v) is 3.82. The number of hydrogen-bond donors (Lipinski definition) is 1. The Morgan fingerprint density at radius 3 is 2.20 bits per heavy atom. The summed E-state index contributed by atoms with van der Waals surface area (Å²) in [6.45, 7) is 2.05. The van der Waals surface area contributed by atoms with E-state index in [1.165, 1.54) is 25.0 Å². The number of nitrogens with zero attached hydrogens (tertiary/aromatic N) is 3. The summed E-state index contributed by atoms with van der Waals surface area (Å²) in [6, 6.07) is 14.9. The van der Waals surface area contributed by atoms with E-state index in [1.807, 2.05) is 30.3 Å². The van der Waals surface area contributed by atoms with E-state index in [1.54, 1.807) is 6.20 Å². The molecule has 4 aromatic rings. The van der Waals surface area contributed by atoms with Gasteiger partial charge in [0.15, 0.2) is 0 Å². The number of imidazole rings is 1. The van der Waals surface area contributed by atoms with Crippen LogP contribution in [0.15, 0.2) is 60.8 Å². The maximum absolute atomic E-state index is 12.7. The number of alkyl halides is 3. The Balaban J connectivity index is 1.40. The third-order valence-electron chi connectivity index (χ3n) is 5.48. The van der Waals surface area contributed by atoms with Crippen LogP contribution in [0.25, 0.3) is 33.4 Å². The van der Waals surface area contributed by atoms with Crippen molar-refractivity contribution in [2.75, 3.05) is 18.0 Å². The molecule has 0 radical (unpaired) electrons. The van der Waals surface area contributed by atoms with Crippen molar-refractivity contribution in [3.05, 3.63) is 66.4 Å². The second kappa shape index (κ2) is 7.16. The second-order valence-electron chi connectivity index (χ2n) is 7.49. The summed E-state index contributed by atoms with van der Waals surface area (Å²) in [6.07, 6.45) is -0.264. The van der Waals surface area contributed by atoms with E-state index in [9.17, 15) is 13.2 Å². The number of nitrogens with one attached hydrogen (secondary N) is 1. The molecule has 0 unspecified atom stereocenters. The van der Waals surface area contributed by atoms with Gasteiger partial charge in [-0.15, -0.1) is 0 Å². The number of hydrogen-bond acceptors (Lipinski definition) is 3. The molecule has 2 aromatic heterocycles. The molecule has 1 saturated heterocycles. The number of aromatic amines is 1. The average Bonchev–Trinajstić information content (AvgIpc) is 3.42. The largest absolute Gasteiger partial charge is 0.416 e. The Labute approximate surface area is 171 Å². The molecular formula is C23H19F3N4. The Morgan fingerprint density at radius 1 is 0.833 bits per heavy atom. The minimum absolute atomic E-state index is 0.656. The predicted molar refractivity (Wildman–Crippen MR) is 111 cm³/mol. The number of fused-ring (bicyclic) bond motifs is 1. The summed E-state index contributed by atoms with van der Waals surface area (Å²) < 4.78 is 38.2. The molecule has 1 aliphatic rings. The topological polar surface area (TPSA) is 44.8 Å². The van der Waals surface area contributed by atoms with Crippen molar-refractivity contribution < 1.29 is 13.2 Å². The Morgan fingerprint density at radius 2 is 1.53 bits per heavy atom. The van der Waals surface area contributed by atoms with Crippen LogP contribution in [-0.2, 0) is 6.18 Å². The van der Waals surface area contributed by atoms with E-state index >= 15 is 0 Å². The highest BCUT2D eigenvalue weighted by atomic mass is 19.4. The molecule has 5 rings (SSSR count). The number of aromatic nitrogens is 3. The first-order valence-electron chi connectivity index (χ1n) is 9.86. The predicted octanol–water partition coefficient (Wildman–Crippen LogP) is 5.91. The van der Waals surface area contributed by atoms with Crippen molar-refractivity contribution in [2.45, 2.75) is 19.0 Å². The summed E-state index contributed by atoms with van der Waals surface area (Å²) in [5.41, 5.74) is 4.44. The Bertz CT molecular complexity index is 1170. The van der Waals surface area contributed by atoms with Crippen LogP contribution in [0.4, 0.5) is 19.1 Å². The second-order valence-corrected chi connectivity index (χ2v) is 7.49. The van der Waals surface area contributed by atoms with E-state index < -0.39 is 11.7 Å². The number of rotatable bonds is 3. The molecule has 2 aromatic carbocycles. The van der Waals surface area contributed by atoms with Gasteiger partial charge in [0.25, 0.3) is 0 Å². The fourth-order valence-electron chi connectivity index (χ4n) is 3.82. The van der Waals surface area contributed by atoms with E-state index in [2.05, 4.69) is 19.9 Å². The normalized spacial score (nSPS) is 14.6. The molecule has 1 fully saturated rings. The first-order chi connectivity index (χ1) is 14.5. The molecular weight excluding hydrogens is 389 g/mol. The van der Waals surface area contributed by atoms with Crippen LogP contribution in [0.5, 0.6) is 0 Å². The Kier molecular flexibility index (Phi) is 4.46. The third-order valence-corrected chi connectivity index (χ3v) is 5.48. The zero-order chi connectivity index (χ0) is 20.7. The smallest absolute Gasteiger partial charge is 0.342 e. The highest BCUT2D eigenvalue weighted by molar-refractivity contribution is 5.83. The van der Waals surface area contributed by atoms with Crippen molar-refractivity contribution in [1.82, 2.24) is 15.0 Å². The first-order valence-corrected chi connectivity index (χ1v) is 9.86. The molecule has 1 aliphatic heterocycles. The lowest BCUT2D eigenvalue weighted by Gasteiger charge is -2.12. The van der Waals surface area contributed by atoms with Crippen LogP contribution >= 0.6 is 0 Å². The molecule has 7 heteroatoms. The van der Waals surface area contributed by atoms with Gasteiger partial charge in [-0.25, -0.2) is 4.98 Å². The van der Waals surface area contributed by atoms with Crippen molar-refractivity contribution in [1.29, 1.82) is 0 Å². The number of pyridine rings is 1. The first kappa shape index (κ1) is 18.7. The molecule has 4 nitrogen and oxygen atoms in total. The molecule has 3 heterocycles. The number of H-pyrrole nitrogens is 1. The van der Waals surface area contributed by atoms with E-state index in [-0.39, 0.29) is 0 Å². The molecule has 30 heavy (non-hydrogen) atoms. The van der Waals surface area contributed by atoms with Gasteiger partial charge >= 0.3 is 6.18 Å². The van der Waals surface area contributed by atoms with Gasteiger partial charge in [0, 0.05) is 30.4 Å². The van der Waals surface area contributed by atoms with E-state index in [0.29, 0.717) is 5.56 Å². The van der Waals surface area contributed by atoms with Crippen LogP contribution in [0.3, 0.4) is 0 Å². The minimum Gasteiger partial charge on any atom is -0.342 e. The van der Waals surface area contributed by atoms with E-state index in [0.717, 1.165) is 59.0 Å². The zero-order valence-electron chi connectivity index (χ0n) is 16.1. The van der Waals surface area contributed by atoms with E-state index in [4.69, 9.17) is 0 Å². The van der Waals surface area contributed by atoms with Crippen LogP contribution in [0.2, 0.25) is 0 Å². The lowest BCUT2D eigenvalue weighted by atomic mass is 10.0. The Hall–Kier alpha value is -3.35. The number of halogens is 3. The number of anilines is 1. The summed E-state index contributed by atoms with van der Waals surface area (Å²) in [5.74, 6) is 0.908. The van der Waals surface area contributed by atoms with Crippen molar-refractivity contribution in [3.63, 3.8) is 0 Å². The van der Waals surface area contributed by atoms with Crippen LogP contribution in [0.1, 0.15) is 18.4 Å². The fraction of sp³-hybridized carbons (Fsp3) is 0.217. The van der Waals surface area contributed by atoms with Gasteiger partial charge in [-0.3, -0.25) is 4.98 Å². The summed E-state index contributed by atoms with van der Waals surface area (Å²) >= 11 is 0. The molecule has 0 bridgehead atoms. The summed E-state index contributed by atoms with van der Waals surface area (Å²) in [4.78, 5) is 14.9. The molecule has 0 saturated carbocycles. The van der Waals surface area contributed by atoms with Gasteiger partial charge in [0.1, 0.15) is 0 Å². The van der Waals surface area contributed by atoms with Gasteiger partial charge in [0.2, 0.25) is 5.95 Å². The van der Waals surface area contributed by atoms with Crippen LogP contribution in [0, 0.1) is 0 Å². The quantitative estimate of drug-likeness (QED) is 0.458. The highest BCUT2D eigenvalue weighted by Crippen LogP contribution is 2.31. The molecule has 0 aliphatic carbocycles. The van der Waals surface area contributed by atoms with Gasteiger partial charge in [-0.2, -0.15) is 13.2 Å².